The van der Waals surface area contributed by atoms with Gasteiger partial charge in [-0.25, -0.2) is 4.39 Å². The molecule has 0 saturated carbocycles. The van der Waals surface area contributed by atoms with Crippen molar-refractivity contribution < 1.29 is 9.18 Å². The molecule has 1 aromatic rings. The molecule has 0 heterocycles. The normalized spacial score (nSPS) is 10.2. The van der Waals surface area contributed by atoms with Crippen molar-refractivity contribution in [2.24, 2.45) is 0 Å². The lowest BCUT2D eigenvalue weighted by Gasteiger charge is -2.05. The highest BCUT2D eigenvalue weighted by Gasteiger charge is 2.10. The molecule has 0 bridgehead atoms. The topological polar surface area (TPSA) is 17.1 Å². The zero-order valence-electron chi connectivity index (χ0n) is 7.40. The maximum absolute atomic E-state index is 12.5. The quantitative estimate of drug-likeness (QED) is 0.607. The second-order valence-corrected chi connectivity index (χ2v) is 4.51. The molecule has 0 unspecified atom stereocenters. The van der Waals surface area contributed by atoms with Gasteiger partial charge in [-0.3, -0.25) is 4.79 Å². The van der Waals surface area contributed by atoms with E-state index >= 15 is 0 Å². The summed E-state index contributed by atoms with van der Waals surface area (Å²) in [7, 11) is 0. The van der Waals surface area contributed by atoms with Crippen LogP contribution < -0.4 is 0 Å². The summed E-state index contributed by atoms with van der Waals surface area (Å²) in [5, 5.41) is 0.601. The Balaban J connectivity index is 3.03. The van der Waals surface area contributed by atoms with Crippen molar-refractivity contribution in [3.05, 3.63) is 33.8 Å². The predicted molar refractivity (Wildman–Crippen MR) is 61.7 cm³/mol. The van der Waals surface area contributed by atoms with Crippen LogP contribution in [0.3, 0.4) is 0 Å². The number of rotatable bonds is 4. The number of alkyl halides is 2. The number of halogens is 3. The number of carbonyl (C=O) groups excluding carboxylic acids is 1. The minimum absolute atomic E-state index is 0.0316. The fourth-order valence-corrected chi connectivity index (χ4v) is 1.87. The lowest BCUT2D eigenvalue weighted by atomic mass is 10.0. The van der Waals surface area contributed by atoms with Crippen molar-refractivity contribution >= 4 is 37.6 Å². The van der Waals surface area contributed by atoms with Gasteiger partial charge in [0.05, 0.1) is 0 Å². The van der Waals surface area contributed by atoms with Crippen LogP contribution >= 0.6 is 31.9 Å². The van der Waals surface area contributed by atoms with Gasteiger partial charge in [0.25, 0.3) is 0 Å². The lowest BCUT2D eigenvalue weighted by Crippen LogP contribution is -2.03. The van der Waals surface area contributed by atoms with Gasteiger partial charge in [0.1, 0.15) is 6.67 Å². The average molecular weight is 324 g/mol. The van der Waals surface area contributed by atoms with Crippen molar-refractivity contribution in [2.75, 3.05) is 5.33 Å². The molecule has 0 aromatic heterocycles. The van der Waals surface area contributed by atoms with Crippen molar-refractivity contribution in [3.63, 3.8) is 0 Å². The molecule has 76 valence electrons. The van der Waals surface area contributed by atoms with Gasteiger partial charge < -0.3 is 0 Å². The van der Waals surface area contributed by atoms with Gasteiger partial charge in [0.2, 0.25) is 0 Å². The Morgan fingerprint density at radius 3 is 2.71 bits per heavy atom. The number of benzene rings is 1. The summed E-state index contributed by atoms with van der Waals surface area (Å²) in [4.78, 5) is 11.6. The molecule has 0 radical (unpaired) electrons. The van der Waals surface area contributed by atoms with E-state index < -0.39 is 6.67 Å². The van der Waals surface area contributed by atoms with Crippen LogP contribution in [0, 0.1) is 0 Å². The zero-order valence-corrected chi connectivity index (χ0v) is 10.6. The van der Waals surface area contributed by atoms with Gasteiger partial charge in [0, 0.05) is 21.8 Å². The molecule has 0 atom stereocenters. The van der Waals surface area contributed by atoms with E-state index in [4.69, 9.17) is 0 Å². The first kappa shape index (κ1) is 11.9. The minimum atomic E-state index is -0.601. The van der Waals surface area contributed by atoms with Crippen molar-refractivity contribution in [3.8, 4) is 0 Å². The molecule has 14 heavy (non-hydrogen) atoms. The number of Topliss-reactive ketones (excluding diaryl/α,β-unsaturated/α-hetero) is 1. The van der Waals surface area contributed by atoms with Crippen LogP contribution in [0.5, 0.6) is 0 Å². The van der Waals surface area contributed by atoms with E-state index in [1.807, 2.05) is 0 Å². The van der Waals surface area contributed by atoms with Gasteiger partial charge in [-0.05, 0) is 17.7 Å². The Morgan fingerprint density at radius 1 is 1.43 bits per heavy atom. The van der Waals surface area contributed by atoms with E-state index in [-0.39, 0.29) is 5.78 Å². The van der Waals surface area contributed by atoms with Crippen LogP contribution in [0.2, 0.25) is 0 Å². The number of ketones is 1. The SMILES string of the molecule is O=C(CCBr)c1cc(Br)ccc1CF. The Hall–Kier alpha value is -0.220. The molecule has 1 rings (SSSR count). The molecule has 0 aliphatic heterocycles. The van der Waals surface area contributed by atoms with Gasteiger partial charge >= 0.3 is 0 Å². The highest BCUT2D eigenvalue weighted by Crippen LogP contribution is 2.19. The van der Waals surface area contributed by atoms with E-state index in [0.29, 0.717) is 22.9 Å². The third-order valence-corrected chi connectivity index (χ3v) is 2.73. The van der Waals surface area contributed by atoms with E-state index in [1.165, 1.54) is 0 Å². The van der Waals surface area contributed by atoms with Crippen molar-refractivity contribution in [1.29, 1.82) is 0 Å². The largest absolute Gasteiger partial charge is 0.294 e. The first-order valence-electron chi connectivity index (χ1n) is 4.12. The molecule has 0 saturated heterocycles. The van der Waals surface area contributed by atoms with Crippen LogP contribution in [-0.2, 0) is 6.67 Å². The molecule has 0 fully saturated rings. The van der Waals surface area contributed by atoms with Gasteiger partial charge in [-0.2, -0.15) is 0 Å². The summed E-state index contributed by atoms with van der Waals surface area (Å²) in [6.45, 7) is -0.601. The van der Waals surface area contributed by atoms with Gasteiger partial charge in [-0.1, -0.05) is 37.9 Å². The first-order valence-corrected chi connectivity index (χ1v) is 6.04. The summed E-state index contributed by atoms with van der Waals surface area (Å²) >= 11 is 6.44. The lowest BCUT2D eigenvalue weighted by molar-refractivity contribution is 0.0988. The number of hydrogen-bond donors (Lipinski definition) is 0. The Kier molecular flexibility index (Phi) is 4.75. The average Bonchev–Trinajstić information content (AvgIpc) is 2.18. The van der Waals surface area contributed by atoms with Crippen LogP contribution in [0.15, 0.2) is 22.7 Å². The number of carbonyl (C=O) groups is 1. The van der Waals surface area contributed by atoms with E-state index in [2.05, 4.69) is 31.9 Å². The standard InChI is InChI=1S/C10H9Br2FO/c11-4-3-10(14)9-5-8(12)2-1-7(9)6-13/h1-2,5H,3-4,6H2. The Morgan fingerprint density at radius 2 is 2.14 bits per heavy atom. The minimum Gasteiger partial charge on any atom is -0.294 e. The third kappa shape index (κ3) is 2.89. The first-order chi connectivity index (χ1) is 6.69. The van der Waals surface area contributed by atoms with Gasteiger partial charge in [-0.15, -0.1) is 0 Å². The molecule has 0 spiro atoms. The molecular formula is C10H9Br2FO. The summed E-state index contributed by atoms with van der Waals surface area (Å²) in [6, 6.07) is 5.03. The van der Waals surface area contributed by atoms with E-state index in [0.717, 1.165) is 4.47 Å². The monoisotopic (exact) mass is 322 g/mol. The molecule has 0 aliphatic carbocycles. The van der Waals surface area contributed by atoms with Crippen molar-refractivity contribution in [2.45, 2.75) is 13.1 Å². The summed E-state index contributed by atoms with van der Waals surface area (Å²) < 4.78 is 13.3. The maximum atomic E-state index is 12.5. The van der Waals surface area contributed by atoms with Gasteiger partial charge in [0.15, 0.2) is 5.78 Å². The molecule has 4 heteroatoms. The summed E-state index contributed by atoms with van der Waals surface area (Å²) in [5.74, 6) is -0.0316. The van der Waals surface area contributed by atoms with Crippen LogP contribution in [-0.4, -0.2) is 11.1 Å². The second kappa shape index (κ2) is 5.61. The maximum Gasteiger partial charge on any atom is 0.164 e. The smallest absolute Gasteiger partial charge is 0.164 e. The Labute approximate surface area is 99.0 Å². The van der Waals surface area contributed by atoms with Crippen LogP contribution in [0.25, 0.3) is 0 Å². The number of hydrogen-bond acceptors (Lipinski definition) is 1. The zero-order chi connectivity index (χ0) is 10.6. The van der Waals surface area contributed by atoms with Crippen LogP contribution in [0.1, 0.15) is 22.3 Å². The molecular weight excluding hydrogens is 315 g/mol. The highest BCUT2D eigenvalue weighted by molar-refractivity contribution is 9.10. The summed E-state index contributed by atoms with van der Waals surface area (Å²) in [5.41, 5.74) is 0.931. The predicted octanol–water partition coefficient (Wildman–Crippen LogP) is 3.89. The molecule has 1 aromatic carbocycles. The summed E-state index contributed by atoms with van der Waals surface area (Å²) in [6.07, 6.45) is 0.392. The molecule has 1 nitrogen and oxygen atoms in total. The molecule has 0 N–H and O–H groups in total. The highest BCUT2D eigenvalue weighted by atomic mass is 79.9. The van der Waals surface area contributed by atoms with E-state index in [9.17, 15) is 9.18 Å². The Bertz CT molecular complexity index is 339. The second-order valence-electron chi connectivity index (χ2n) is 2.80. The fraction of sp³-hybridized carbons (Fsp3) is 0.300. The third-order valence-electron chi connectivity index (χ3n) is 1.84. The van der Waals surface area contributed by atoms with Crippen molar-refractivity contribution in [1.82, 2.24) is 0 Å². The van der Waals surface area contributed by atoms with E-state index in [1.54, 1.807) is 18.2 Å². The van der Waals surface area contributed by atoms with Crippen LogP contribution in [0.4, 0.5) is 4.39 Å². The molecule has 0 amide bonds. The fourth-order valence-electron chi connectivity index (χ4n) is 1.15. The molecule has 0 aliphatic rings.